The van der Waals surface area contributed by atoms with Crippen LogP contribution in [0.5, 0.6) is 0 Å². The predicted octanol–water partition coefficient (Wildman–Crippen LogP) is 2.78. The Labute approximate surface area is 125 Å². The molecule has 1 fully saturated rings. The lowest BCUT2D eigenvalue weighted by molar-refractivity contribution is -0.385. The molecule has 1 aromatic carbocycles. The summed E-state index contributed by atoms with van der Waals surface area (Å²) >= 11 is 3.19. The number of ether oxygens (including phenoxy) is 1. The SMILES string of the molecule is CC1CN(c2cc(Br)c([N+](=O)[O-])cc2C=O)CC(C)O1. The maximum atomic E-state index is 11.2. The summed E-state index contributed by atoms with van der Waals surface area (Å²) in [4.78, 5) is 23.6. The molecule has 0 radical (unpaired) electrons. The molecule has 2 rings (SSSR count). The molecule has 1 aromatic rings. The third-order valence-corrected chi connectivity index (χ3v) is 3.82. The van der Waals surface area contributed by atoms with Gasteiger partial charge in [-0.05, 0) is 35.8 Å². The zero-order chi connectivity index (χ0) is 14.9. The third-order valence-electron chi connectivity index (χ3n) is 3.18. The lowest BCUT2D eigenvalue weighted by Gasteiger charge is -2.37. The fourth-order valence-corrected chi connectivity index (χ4v) is 2.93. The Bertz CT molecular complexity index is 539. The third kappa shape index (κ3) is 2.99. The lowest BCUT2D eigenvalue weighted by Crippen LogP contribution is -2.45. The summed E-state index contributed by atoms with van der Waals surface area (Å²) in [5.41, 5.74) is 0.908. The van der Waals surface area contributed by atoms with Crippen molar-refractivity contribution in [2.75, 3.05) is 18.0 Å². The topological polar surface area (TPSA) is 72.7 Å². The highest BCUT2D eigenvalue weighted by atomic mass is 79.9. The molecular weight excluding hydrogens is 328 g/mol. The Hall–Kier alpha value is -1.47. The van der Waals surface area contributed by atoms with Crippen LogP contribution in [-0.4, -0.2) is 36.5 Å². The molecule has 2 atom stereocenters. The number of halogens is 1. The summed E-state index contributed by atoms with van der Waals surface area (Å²) < 4.78 is 6.02. The normalized spacial score (nSPS) is 22.6. The van der Waals surface area contributed by atoms with Crippen molar-refractivity contribution in [3.05, 3.63) is 32.3 Å². The van der Waals surface area contributed by atoms with Crippen molar-refractivity contribution >= 4 is 33.6 Å². The van der Waals surface area contributed by atoms with Crippen molar-refractivity contribution in [2.24, 2.45) is 0 Å². The first kappa shape index (κ1) is 14.9. The molecule has 0 N–H and O–H groups in total. The van der Waals surface area contributed by atoms with Crippen molar-refractivity contribution < 1.29 is 14.5 Å². The van der Waals surface area contributed by atoms with E-state index >= 15 is 0 Å². The van der Waals surface area contributed by atoms with E-state index in [4.69, 9.17) is 4.74 Å². The first-order valence-electron chi connectivity index (χ1n) is 6.26. The van der Waals surface area contributed by atoms with Crippen molar-refractivity contribution in [3.63, 3.8) is 0 Å². The minimum Gasteiger partial charge on any atom is -0.372 e. The Kier molecular flexibility index (Phi) is 4.39. The molecule has 1 saturated heterocycles. The highest BCUT2D eigenvalue weighted by Crippen LogP contribution is 2.33. The van der Waals surface area contributed by atoms with Gasteiger partial charge in [0.2, 0.25) is 0 Å². The zero-order valence-electron chi connectivity index (χ0n) is 11.2. The van der Waals surface area contributed by atoms with Gasteiger partial charge >= 0.3 is 0 Å². The van der Waals surface area contributed by atoms with E-state index in [0.717, 1.165) is 0 Å². The van der Waals surface area contributed by atoms with Gasteiger partial charge in [0.15, 0.2) is 6.29 Å². The number of nitrogens with zero attached hydrogens (tertiary/aromatic N) is 2. The number of hydrogen-bond acceptors (Lipinski definition) is 5. The van der Waals surface area contributed by atoms with E-state index in [1.165, 1.54) is 6.07 Å². The van der Waals surface area contributed by atoms with Crippen LogP contribution < -0.4 is 4.90 Å². The van der Waals surface area contributed by atoms with Gasteiger partial charge in [-0.3, -0.25) is 14.9 Å². The zero-order valence-corrected chi connectivity index (χ0v) is 12.8. The Morgan fingerprint density at radius 3 is 2.50 bits per heavy atom. The van der Waals surface area contributed by atoms with Crippen LogP contribution >= 0.6 is 15.9 Å². The van der Waals surface area contributed by atoms with Crippen LogP contribution in [0.25, 0.3) is 0 Å². The molecule has 0 bridgehead atoms. The molecule has 1 heterocycles. The standard InChI is InChI=1S/C13H15BrN2O4/c1-8-5-15(6-9(2)20-8)12-4-11(14)13(16(18)19)3-10(12)7-17/h3-4,7-9H,5-6H2,1-2H3. The number of nitro groups is 1. The van der Waals surface area contributed by atoms with Crippen LogP contribution in [0.1, 0.15) is 24.2 Å². The number of carbonyl (C=O) groups is 1. The smallest absolute Gasteiger partial charge is 0.284 e. The van der Waals surface area contributed by atoms with Gasteiger partial charge in [0.1, 0.15) is 0 Å². The maximum absolute atomic E-state index is 11.2. The quantitative estimate of drug-likeness (QED) is 0.479. The number of anilines is 1. The van der Waals surface area contributed by atoms with Crippen LogP contribution in [-0.2, 0) is 4.74 Å². The van der Waals surface area contributed by atoms with E-state index in [2.05, 4.69) is 15.9 Å². The predicted molar refractivity (Wildman–Crippen MR) is 78.4 cm³/mol. The summed E-state index contributed by atoms with van der Waals surface area (Å²) in [6.45, 7) is 5.22. The minimum absolute atomic E-state index is 0.0484. The van der Waals surface area contributed by atoms with Gasteiger partial charge in [0, 0.05) is 30.4 Å². The number of nitro benzene ring substituents is 1. The first-order valence-corrected chi connectivity index (χ1v) is 7.05. The fourth-order valence-electron chi connectivity index (χ4n) is 2.45. The summed E-state index contributed by atoms with van der Waals surface area (Å²) in [6, 6.07) is 2.93. The Balaban J connectivity index is 2.43. The van der Waals surface area contributed by atoms with Crippen LogP contribution in [0.15, 0.2) is 16.6 Å². The first-order chi connectivity index (χ1) is 9.42. The summed E-state index contributed by atoms with van der Waals surface area (Å²) in [5.74, 6) is 0. The molecule has 0 spiro atoms. The molecular formula is C13H15BrN2O4. The van der Waals surface area contributed by atoms with Crippen molar-refractivity contribution in [3.8, 4) is 0 Å². The molecule has 6 nitrogen and oxygen atoms in total. The van der Waals surface area contributed by atoms with Gasteiger partial charge in [-0.25, -0.2) is 0 Å². The fraction of sp³-hybridized carbons (Fsp3) is 0.462. The number of hydrogen-bond donors (Lipinski definition) is 0. The molecule has 0 saturated carbocycles. The van der Waals surface area contributed by atoms with E-state index < -0.39 is 4.92 Å². The monoisotopic (exact) mass is 342 g/mol. The number of aldehydes is 1. The largest absolute Gasteiger partial charge is 0.372 e. The van der Waals surface area contributed by atoms with Gasteiger partial charge in [-0.15, -0.1) is 0 Å². The molecule has 0 aliphatic carbocycles. The second-order valence-corrected chi connectivity index (χ2v) is 5.75. The van der Waals surface area contributed by atoms with Crippen molar-refractivity contribution in [2.45, 2.75) is 26.1 Å². The number of morpholine rings is 1. The van der Waals surface area contributed by atoms with Gasteiger partial charge in [0.05, 0.1) is 21.6 Å². The Morgan fingerprint density at radius 2 is 2.00 bits per heavy atom. The van der Waals surface area contributed by atoms with E-state index in [9.17, 15) is 14.9 Å². The molecule has 1 aliphatic rings. The summed E-state index contributed by atoms with van der Waals surface area (Å²) in [5, 5.41) is 10.9. The number of carbonyl (C=O) groups excluding carboxylic acids is 1. The maximum Gasteiger partial charge on any atom is 0.284 e. The average Bonchev–Trinajstić information content (AvgIpc) is 2.36. The van der Waals surface area contributed by atoms with Crippen LogP contribution in [0, 0.1) is 10.1 Å². The molecule has 0 aromatic heterocycles. The molecule has 1 aliphatic heterocycles. The van der Waals surface area contributed by atoms with Crippen LogP contribution in [0.3, 0.4) is 0 Å². The molecule has 108 valence electrons. The molecule has 0 amide bonds. The molecule has 2 unspecified atom stereocenters. The number of rotatable bonds is 3. The van der Waals surface area contributed by atoms with E-state index in [-0.39, 0.29) is 17.9 Å². The average molecular weight is 343 g/mol. The summed E-state index contributed by atoms with van der Waals surface area (Å²) in [6.07, 6.45) is 0.749. The van der Waals surface area contributed by atoms with E-state index in [0.29, 0.717) is 35.1 Å². The minimum atomic E-state index is -0.509. The second kappa shape index (κ2) is 5.88. The number of benzene rings is 1. The Morgan fingerprint density at radius 1 is 1.40 bits per heavy atom. The van der Waals surface area contributed by atoms with Crippen LogP contribution in [0.2, 0.25) is 0 Å². The molecule has 20 heavy (non-hydrogen) atoms. The van der Waals surface area contributed by atoms with E-state index in [1.54, 1.807) is 6.07 Å². The summed E-state index contributed by atoms with van der Waals surface area (Å²) in [7, 11) is 0. The van der Waals surface area contributed by atoms with Crippen molar-refractivity contribution in [1.82, 2.24) is 0 Å². The highest BCUT2D eigenvalue weighted by Gasteiger charge is 2.26. The highest BCUT2D eigenvalue weighted by molar-refractivity contribution is 9.10. The molecule has 7 heteroatoms. The van der Waals surface area contributed by atoms with Gasteiger partial charge in [-0.1, -0.05) is 0 Å². The van der Waals surface area contributed by atoms with Crippen LogP contribution in [0.4, 0.5) is 11.4 Å². The van der Waals surface area contributed by atoms with Gasteiger partial charge < -0.3 is 9.64 Å². The lowest BCUT2D eigenvalue weighted by atomic mass is 10.1. The second-order valence-electron chi connectivity index (χ2n) is 4.90. The van der Waals surface area contributed by atoms with Crippen molar-refractivity contribution in [1.29, 1.82) is 0 Å². The van der Waals surface area contributed by atoms with E-state index in [1.807, 2.05) is 18.7 Å². The van der Waals surface area contributed by atoms with Gasteiger partial charge in [-0.2, -0.15) is 0 Å². The van der Waals surface area contributed by atoms with Gasteiger partial charge in [0.25, 0.3) is 5.69 Å².